The summed E-state index contributed by atoms with van der Waals surface area (Å²) < 4.78 is 0. The lowest BCUT2D eigenvalue weighted by atomic mass is 10.0. The van der Waals surface area contributed by atoms with Gasteiger partial charge >= 0.3 is 0 Å². The first kappa shape index (κ1) is 23.9. The van der Waals surface area contributed by atoms with Crippen molar-refractivity contribution in [2.75, 3.05) is 0 Å². The number of aryl methyl sites for hydroxylation is 2. The number of benzene rings is 2. The largest absolute Gasteiger partial charge is 0.352 e. The van der Waals surface area contributed by atoms with E-state index < -0.39 is 6.04 Å². The molecule has 0 fully saturated rings. The van der Waals surface area contributed by atoms with Gasteiger partial charge in [-0.25, -0.2) is 0 Å². The molecule has 0 aliphatic carbocycles. The van der Waals surface area contributed by atoms with Crippen LogP contribution in [0.3, 0.4) is 0 Å². The molecule has 2 rings (SSSR count). The molecule has 0 saturated carbocycles. The summed E-state index contributed by atoms with van der Waals surface area (Å²) in [5.41, 5.74) is 3.31. The van der Waals surface area contributed by atoms with Gasteiger partial charge in [0.15, 0.2) is 0 Å². The standard InChI is InChI=1S/C25H33ClN2O2/c1-5-18(3)27-25(30)19(4)28(17-22-8-7-9-23(26)16-22)24(29)15-14-21-12-10-20(6-2)11-13-21/h7-13,16,18-19H,5-6,14-15,17H2,1-4H3,(H,27,30). The van der Waals surface area contributed by atoms with Gasteiger partial charge in [-0.3, -0.25) is 9.59 Å². The molecular weight excluding hydrogens is 396 g/mol. The maximum atomic E-state index is 13.1. The molecule has 1 N–H and O–H groups in total. The van der Waals surface area contributed by atoms with Crippen LogP contribution in [0.1, 0.15) is 57.2 Å². The van der Waals surface area contributed by atoms with Crippen LogP contribution in [-0.2, 0) is 29.0 Å². The van der Waals surface area contributed by atoms with Gasteiger partial charge in [-0.15, -0.1) is 0 Å². The third-order valence-corrected chi connectivity index (χ3v) is 5.70. The zero-order chi connectivity index (χ0) is 22.1. The van der Waals surface area contributed by atoms with Crippen molar-refractivity contribution in [3.63, 3.8) is 0 Å². The fourth-order valence-electron chi connectivity index (χ4n) is 3.22. The lowest BCUT2D eigenvalue weighted by Gasteiger charge is -2.30. The van der Waals surface area contributed by atoms with Gasteiger partial charge in [-0.05, 0) is 61.9 Å². The number of amides is 2. The Hall–Kier alpha value is -2.33. The van der Waals surface area contributed by atoms with Crippen molar-refractivity contribution in [3.05, 3.63) is 70.2 Å². The maximum Gasteiger partial charge on any atom is 0.242 e. The van der Waals surface area contributed by atoms with Gasteiger partial charge in [0.1, 0.15) is 6.04 Å². The molecule has 0 aliphatic heterocycles. The molecule has 0 aliphatic rings. The highest BCUT2D eigenvalue weighted by Gasteiger charge is 2.26. The third-order valence-electron chi connectivity index (χ3n) is 5.47. The van der Waals surface area contributed by atoms with Crippen LogP contribution in [0.2, 0.25) is 5.02 Å². The fraction of sp³-hybridized carbons (Fsp3) is 0.440. The Morgan fingerprint density at radius 1 is 1.00 bits per heavy atom. The smallest absolute Gasteiger partial charge is 0.242 e. The second kappa shape index (κ2) is 11.8. The molecule has 0 aromatic heterocycles. The van der Waals surface area contributed by atoms with Crippen LogP contribution in [0.15, 0.2) is 48.5 Å². The van der Waals surface area contributed by atoms with E-state index in [0.29, 0.717) is 24.4 Å². The Labute approximate surface area is 185 Å². The third kappa shape index (κ3) is 7.17. The highest BCUT2D eigenvalue weighted by Crippen LogP contribution is 2.17. The van der Waals surface area contributed by atoms with Gasteiger partial charge in [0.05, 0.1) is 0 Å². The number of hydrogen-bond acceptors (Lipinski definition) is 2. The van der Waals surface area contributed by atoms with Crippen molar-refractivity contribution < 1.29 is 9.59 Å². The number of carbonyl (C=O) groups excluding carboxylic acids is 2. The van der Waals surface area contributed by atoms with Crippen molar-refractivity contribution in [2.24, 2.45) is 0 Å². The van der Waals surface area contributed by atoms with Crippen LogP contribution in [0, 0.1) is 0 Å². The molecule has 2 aromatic rings. The van der Waals surface area contributed by atoms with Crippen LogP contribution in [0.25, 0.3) is 0 Å². The van der Waals surface area contributed by atoms with E-state index in [1.807, 2.05) is 32.0 Å². The molecule has 162 valence electrons. The van der Waals surface area contributed by atoms with Crippen molar-refractivity contribution in [1.29, 1.82) is 0 Å². The summed E-state index contributed by atoms with van der Waals surface area (Å²) in [6.07, 6.45) is 2.84. The number of nitrogens with one attached hydrogen (secondary N) is 1. The predicted octanol–water partition coefficient (Wildman–Crippen LogP) is 5.17. The maximum absolute atomic E-state index is 13.1. The van der Waals surface area contributed by atoms with Crippen LogP contribution >= 0.6 is 11.6 Å². The summed E-state index contributed by atoms with van der Waals surface area (Å²) in [7, 11) is 0. The molecule has 2 amide bonds. The van der Waals surface area contributed by atoms with Crippen molar-refractivity contribution >= 4 is 23.4 Å². The first-order chi connectivity index (χ1) is 14.3. The molecule has 4 nitrogen and oxygen atoms in total. The second-order valence-corrected chi connectivity index (χ2v) is 8.25. The SMILES string of the molecule is CCc1ccc(CCC(=O)N(Cc2cccc(Cl)c2)C(C)C(=O)NC(C)CC)cc1. The molecule has 30 heavy (non-hydrogen) atoms. The number of nitrogens with zero attached hydrogens (tertiary/aromatic N) is 1. The van der Waals surface area contributed by atoms with Gasteiger partial charge in [0.2, 0.25) is 11.8 Å². The zero-order valence-electron chi connectivity index (χ0n) is 18.5. The first-order valence-corrected chi connectivity index (χ1v) is 11.1. The Bertz CT molecular complexity index is 835. The topological polar surface area (TPSA) is 49.4 Å². The molecule has 2 unspecified atom stereocenters. The Kier molecular flexibility index (Phi) is 9.38. The number of halogens is 1. The van der Waals surface area contributed by atoms with Gasteiger partial charge in [-0.2, -0.15) is 0 Å². The molecule has 0 bridgehead atoms. The molecule has 0 spiro atoms. The van der Waals surface area contributed by atoms with Crippen LogP contribution < -0.4 is 5.32 Å². The van der Waals surface area contributed by atoms with Crippen LogP contribution in [-0.4, -0.2) is 28.8 Å². The molecule has 0 radical (unpaired) electrons. The Morgan fingerprint density at radius 3 is 2.27 bits per heavy atom. The van der Waals surface area contributed by atoms with Crippen molar-refractivity contribution in [2.45, 2.75) is 72.0 Å². The summed E-state index contributed by atoms with van der Waals surface area (Å²) in [5.74, 6) is -0.173. The average Bonchev–Trinajstić information content (AvgIpc) is 2.75. The van der Waals surface area contributed by atoms with Gasteiger partial charge in [-0.1, -0.05) is 61.8 Å². The Morgan fingerprint density at radius 2 is 1.67 bits per heavy atom. The van der Waals surface area contributed by atoms with E-state index in [-0.39, 0.29) is 17.9 Å². The fourth-order valence-corrected chi connectivity index (χ4v) is 3.43. The van der Waals surface area contributed by atoms with E-state index in [0.717, 1.165) is 24.0 Å². The minimum Gasteiger partial charge on any atom is -0.352 e. The normalized spacial score (nSPS) is 12.8. The van der Waals surface area contributed by atoms with E-state index in [1.54, 1.807) is 17.9 Å². The molecule has 0 heterocycles. The molecule has 2 atom stereocenters. The van der Waals surface area contributed by atoms with Crippen LogP contribution in [0.4, 0.5) is 0 Å². The Balaban J connectivity index is 2.13. The second-order valence-electron chi connectivity index (χ2n) is 7.82. The van der Waals surface area contributed by atoms with Crippen LogP contribution in [0.5, 0.6) is 0 Å². The summed E-state index contributed by atoms with van der Waals surface area (Å²) in [4.78, 5) is 27.5. The first-order valence-electron chi connectivity index (χ1n) is 10.8. The number of hydrogen-bond donors (Lipinski definition) is 1. The van der Waals surface area contributed by atoms with E-state index in [2.05, 4.69) is 36.5 Å². The minimum absolute atomic E-state index is 0.0404. The average molecular weight is 429 g/mol. The summed E-state index contributed by atoms with van der Waals surface area (Å²) in [5, 5.41) is 3.61. The highest BCUT2D eigenvalue weighted by atomic mass is 35.5. The van der Waals surface area contributed by atoms with E-state index in [1.165, 1.54) is 5.56 Å². The predicted molar refractivity (Wildman–Crippen MR) is 124 cm³/mol. The van der Waals surface area contributed by atoms with Crippen molar-refractivity contribution in [3.8, 4) is 0 Å². The summed E-state index contributed by atoms with van der Waals surface area (Å²) in [6, 6.07) is 15.3. The molecule has 0 saturated heterocycles. The lowest BCUT2D eigenvalue weighted by Crippen LogP contribution is -2.49. The quantitative estimate of drug-likeness (QED) is 0.567. The number of rotatable bonds is 10. The lowest BCUT2D eigenvalue weighted by molar-refractivity contribution is -0.140. The summed E-state index contributed by atoms with van der Waals surface area (Å²) in [6.45, 7) is 8.25. The molecular formula is C25H33ClN2O2. The number of carbonyl (C=O) groups is 2. The van der Waals surface area contributed by atoms with Gasteiger partial charge in [0, 0.05) is 24.0 Å². The van der Waals surface area contributed by atoms with E-state index >= 15 is 0 Å². The van der Waals surface area contributed by atoms with Crippen molar-refractivity contribution in [1.82, 2.24) is 10.2 Å². The molecule has 2 aromatic carbocycles. The minimum atomic E-state index is -0.562. The molecule has 5 heteroatoms. The monoisotopic (exact) mass is 428 g/mol. The van der Waals surface area contributed by atoms with E-state index in [9.17, 15) is 9.59 Å². The van der Waals surface area contributed by atoms with E-state index in [4.69, 9.17) is 11.6 Å². The zero-order valence-corrected chi connectivity index (χ0v) is 19.2. The highest BCUT2D eigenvalue weighted by molar-refractivity contribution is 6.30. The van der Waals surface area contributed by atoms with Gasteiger partial charge in [0.25, 0.3) is 0 Å². The summed E-state index contributed by atoms with van der Waals surface area (Å²) >= 11 is 6.12. The van der Waals surface area contributed by atoms with Gasteiger partial charge < -0.3 is 10.2 Å².